The lowest BCUT2D eigenvalue weighted by Gasteiger charge is -2.34. The Kier molecular flexibility index (Phi) is 12.0. The number of Topliss-reactive ketones (excluding diaryl/α,β-unsaturated/α-hetero) is 1. The smallest absolute Gasteiger partial charge is 0.164 e. The SMILES string of the molecule is C=CCCC/C=C(\C)CC[C@](C)(C(=O)COCc1ccc(OC)cc1)[C@@H](C)CC=O. The molecule has 0 bridgehead atoms. The second kappa shape index (κ2) is 13.9. The lowest BCUT2D eigenvalue weighted by atomic mass is 9.70. The summed E-state index contributed by atoms with van der Waals surface area (Å²) < 4.78 is 10.9. The molecule has 0 aliphatic heterocycles. The Morgan fingerprint density at radius 3 is 2.53 bits per heavy atom. The van der Waals surface area contributed by atoms with Crippen molar-refractivity contribution in [1.82, 2.24) is 0 Å². The summed E-state index contributed by atoms with van der Waals surface area (Å²) in [5, 5.41) is 0. The molecule has 4 heteroatoms. The summed E-state index contributed by atoms with van der Waals surface area (Å²) in [6.45, 7) is 10.2. The Morgan fingerprint density at radius 2 is 1.93 bits per heavy atom. The Bertz CT molecular complexity index is 689. The monoisotopic (exact) mass is 414 g/mol. The summed E-state index contributed by atoms with van der Waals surface area (Å²) in [7, 11) is 1.63. The number of aldehydes is 1. The van der Waals surface area contributed by atoms with Crippen molar-refractivity contribution in [3.63, 3.8) is 0 Å². The van der Waals surface area contributed by atoms with Crippen molar-refractivity contribution in [2.75, 3.05) is 13.7 Å². The molecule has 0 aromatic heterocycles. The fourth-order valence-electron chi connectivity index (χ4n) is 3.38. The second-order valence-corrected chi connectivity index (χ2v) is 8.25. The van der Waals surface area contributed by atoms with Gasteiger partial charge in [-0.25, -0.2) is 0 Å². The fraction of sp³-hybridized carbons (Fsp3) is 0.538. The quantitative estimate of drug-likeness (QED) is 0.186. The topological polar surface area (TPSA) is 52.6 Å². The molecule has 1 aromatic carbocycles. The highest BCUT2D eigenvalue weighted by molar-refractivity contribution is 5.86. The van der Waals surface area contributed by atoms with Gasteiger partial charge < -0.3 is 14.3 Å². The predicted molar refractivity (Wildman–Crippen MR) is 123 cm³/mol. The summed E-state index contributed by atoms with van der Waals surface area (Å²) in [5.74, 6) is 0.823. The van der Waals surface area contributed by atoms with Crippen LogP contribution in [0.5, 0.6) is 5.75 Å². The number of allylic oxidation sites excluding steroid dienone is 3. The number of benzene rings is 1. The maximum atomic E-state index is 13.1. The van der Waals surface area contributed by atoms with Crippen LogP contribution in [0.4, 0.5) is 0 Å². The van der Waals surface area contributed by atoms with Gasteiger partial charge in [-0.1, -0.05) is 43.7 Å². The van der Waals surface area contributed by atoms with Crippen LogP contribution < -0.4 is 4.74 Å². The Balaban J connectivity index is 2.68. The lowest BCUT2D eigenvalue weighted by molar-refractivity contribution is -0.136. The van der Waals surface area contributed by atoms with Crippen LogP contribution >= 0.6 is 0 Å². The first-order chi connectivity index (χ1) is 14.4. The summed E-state index contributed by atoms with van der Waals surface area (Å²) in [6, 6.07) is 7.61. The second-order valence-electron chi connectivity index (χ2n) is 8.25. The number of rotatable bonds is 16. The minimum absolute atomic E-state index is 0.0272. The van der Waals surface area contributed by atoms with Gasteiger partial charge in [0.1, 0.15) is 18.6 Å². The van der Waals surface area contributed by atoms with Gasteiger partial charge in [-0.2, -0.15) is 0 Å². The molecule has 0 spiro atoms. The van der Waals surface area contributed by atoms with E-state index < -0.39 is 5.41 Å². The predicted octanol–water partition coefficient (Wildman–Crippen LogP) is 6.10. The molecule has 0 amide bonds. The van der Waals surface area contributed by atoms with E-state index in [1.807, 2.05) is 44.2 Å². The third-order valence-electron chi connectivity index (χ3n) is 5.98. The van der Waals surface area contributed by atoms with E-state index >= 15 is 0 Å². The van der Waals surface area contributed by atoms with Crippen molar-refractivity contribution in [3.8, 4) is 5.75 Å². The van der Waals surface area contributed by atoms with E-state index in [-0.39, 0.29) is 18.3 Å². The van der Waals surface area contributed by atoms with Gasteiger partial charge in [-0.05, 0) is 62.6 Å². The molecule has 0 unspecified atom stereocenters. The maximum Gasteiger partial charge on any atom is 0.164 e. The summed E-state index contributed by atoms with van der Waals surface area (Å²) >= 11 is 0. The first kappa shape index (κ1) is 25.8. The molecule has 30 heavy (non-hydrogen) atoms. The van der Waals surface area contributed by atoms with E-state index in [0.717, 1.165) is 49.7 Å². The normalized spacial score (nSPS) is 14.6. The van der Waals surface area contributed by atoms with Gasteiger partial charge in [0.25, 0.3) is 0 Å². The van der Waals surface area contributed by atoms with Crippen LogP contribution in [0, 0.1) is 11.3 Å². The lowest BCUT2D eigenvalue weighted by Crippen LogP contribution is -2.37. The van der Waals surface area contributed by atoms with Crippen LogP contribution in [0.25, 0.3) is 0 Å². The largest absolute Gasteiger partial charge is 0.497 e. The number of ketones is 1. The minimum Gasteiger partial charge on any atom is -0.497 e. The Morgan fingerprint density at radius 1 is 1.23 bits per heavy atom. The van der Waals surface area contributed by atoms with Crippen LogP contribution in [0.15, 0.2) is 48.6 Å². The van der Waals surface area contributed by atoms with E-state index in [0.29, 0.717) is 13.0 Å². The van der Waals surface area contributed by atoms with E-state index in [2.05, 4.69) is 19.6 Å². The van der Waals surface area contributed by atoms with Gasteiger partial charge >= 0.3 is 0 Å². The third-order valence-corrected chi connectivity index (χ3v) is 5.98. The highest BCUT2D eigenvalue weighted by atomic mass is 16.5. The highest BCUT2D eigenvalue weighted by Crippen LogP contribution is 2.37. The number of methoxy groups -OCH3 is 1. The molecular weight excluding hydrogens is 376 g/mol. The molecule has 0 saturated carbocycles. The molecule has 0 radical (unpaired) electrons. The molecule has 0 fully saturated rings. The summed E-state index contributed by atoms with van der Waals surface area (Å²) in [5.41, 5.74) is 1.69. The highest BCUT2D eigenvalue weighted by Gasteiger charge is 2.37. The Labute approximate surface area is 182 Å². The van der Waals surface area contributed by atoms with Crippen molar-refractivity contribution in [2.24, 2.45) is 11.3 Å². The van der Waals surface area contributed by atoms with E-state index in [4.69, 9.17) is 9.47 Å². The Hall–Kier alpha value is -2.20. The molecule has 0 N–H and O–H groups in total. The van der Waals surface area contributed by atoms with E-state index in [9.17, 15) is 9.59 Å². The molecular formula is C26H38O4. The van der Waals surface area contributed by atoms with Gasteiger partial charge in [0, 0.05) is 11.8 Å². The molecule has 0 saturated heterocycles. The first-order valence-electron chi connectivity index (χ1n) is 10.8. The van der Waals surface area contributed by atoms with Crippen molar-refractivity contribution < 1.29 is 19.1 Å². The zero-order chi connectivity index (χ0) is 22.4. The van der Waals surface area contributed by atoms with Crippen molar-refractivity contribution in [1.29, 1.82) is 0 Å². The van der Waals surface area contributed by atoms with Crippen molar-refractivity contribution in [3.05, 3.63) is 54.1 Å². The molecule has 1 aromatic rings. The molecule has 166 valence electrons. The number of hydrogen-bond acceptors (Lipinski definition) is 4. The van der Waals surface area contributed by atoms with Crippen LogP contribution in [-0.2, 0) is 20.9 Å². The maximum absolute atomic E-state index is 13.1. The van der Waals surface area contributed by atoms with Crippen molar-refractivity contribution >= 4 is 12.1 Å². The summed E-state index contributed by atoms with van der Waals surface area (Å²) in [6.07, 6.45) is 10.2. The third kappa shape index (κ3) is 8.66. The van der Waals surface area contributed by atoms with Gasteiger partial charge in [-0.15, -0.1) is 6.58 Å². The van der Waals surface area contributed by atoms with Crippen molar-refractivity contribution in [2.45, 2.75) is 65.9 Å². The number of unbranched alkanes of at least 4 members (excludes halogenated alkanes) is 2. The van der Waals surface area contributed by atoms with Crippen LogP contribution in [0.3, 0.4) is 0 Å². The summed E-state index contributed by atoms with van der Waals surface area (Å²) in [4.78, 5) is 24.2. The minimum atomic E-state index is -0.586. The number of ether oxygens (including phenoxy) is 2. The van der Waals surface area contributed by atoms with Crippen LogP contribution in [0.1, 0.15) is 64.9 Å². The van der Waals surface area contributed by atoms with Gasteiger partial charge in [0.05, 0.1) is 13.7 Å². The first-order valence-corrected chi connectivity index (χ1v) is 10.8. The van der Waals surface area contributed by atoms with Gasteiger partial charge in [-0.3, -0.25) is 4.79 Å². The number of carbonyl (C=O) groups is 2. The number of carbonyl (C=O) groups excluding carboxylic acids is 2. The molecule has 0 aliphatic rings. The standard InChI is InChI=1S/C26H38O4/c1-6-7-8-9-10-21(2)15-17-26(4,22(3)16-18-27)25(28)20-30-19-23-11-13-24(29-5)14-12-23/h6,10-14,18,22H,1,7-9,15-17,19-20H2,2-5H3/b21-10+/t22-,26-/m0/s1. The molecule has 0 heterocycles. The van der Waals surface area contributed by atoms with E-state index in [1.165, 1.54) is 5.57 Å². The van der Waals surface area contributed by atoms with E-state index in [1.54, 1.807) is 7.11 Å². The van der Waals surface area contributed by atoms with Crippen LogP contribution in [-0.4, -0.2) is 25.8 Å². The molecule has 0 aliphatic carbocycles. The molecule has 2 atom stereocenters. The van der Waals surface area contributed by atoms with Gasteiger partial charge in [0.15, 0.2) is 5.78 Å². The fourth-order valence-corrected chi connectivity index (χ4v) is 3.38. The van der Waals surface area contributed by atoms with Gasteiger partial charge in [0.2, 0.25) is 0 Å². The average molecular weight is 415 g/mol. The average Bonchev–Trinajstić information content (AvgIpc) is 2.75. The zero-order valence-electron chi connectivity index (χ0n) is 19.1. The zero-order valence-corrected chi connectivity index (χ0v) is 19.1. The molecule has 1 rings (SSSR count). The molecule has 4 nitrogen and oxygen atoms in total. The number of hydrogen-bond donors (Lipinski definition) is 0. The van der Waals surface area contributed by atoms with Crippen LogP contribution in [0.2, 0.25) is 0 Å².